The number of ether oxygens (including phenoxy) is 2. The van der Waals surface area contributed by atoms with E-state index < -0.39 is 17.8 Å². The molecule has 3 aromatic carbocycles. The molecule has 1 amide bonds. The third kappa shape index (κ3) is 5.67. The molecular formula is C24H23NO5. The van der Waals surface area contributed by atoms with Crippen molar-refractivity contribution in [1.29, 1.82) is 0 Å². The highest BCUT2D eigenvalue weighted by Gasteiger charge is 2.12. The Morgan fingerprint density at radius 2 is 1.60 bits per heavy atom. The summed E-state index contributed by atoms with van der Waals surface area (Å²) in [4.78, 5) is 36.0. The van der Waals surface area contributed by atoms with Gasteiger partial charge in [-0.1, -0.05) is 49.4 Å². The average molecular weight is 405 g/mol. The number of hydrogen-bond acceptors (Lipinski definition) is 5. The van der Waals surface area contributed by atoms with Gasteiger partial charge in [0.25, 0.3) is 5.91 Å². The Hall–Kier alpha value is -3.67. The number of esters is 2. The molecule has 6 heteroatoms. The van der Waals surface area contributed by atoms with Gasteiger partial charge < -0.3 is 14.8 Å². The summed E-state index contributed by atoms with van der Waals surface area (Å²) in [6.07, 6.45) is 0.836. The normalized spacial score (nSPS) is 10.4. The van der Waals surface area contributed by atoms with Crippen molar-refractivity contribution >= 4 is 34.3 Å². The summed E-state index contributed by atoms with van der Waals surface area (Å²) < 4.78 is 10.2. The summed E-state index contributed by atoms with van der Waals surface area (Å²) in [6.45, 7) is 1.89. The number of benzene rings is 3. The highest BCUT2D eigenvalue weighted by molar-refractivity contribution is 5.95. The van der Waals surface area contributed by atoms with Crippen molar-refractivity contribution in [3.8, 4) is 0 Å². The van der Waals surface area contributed by atoms with Gasteiger partial charge in [0.05, 0.1) is 18.6 Å². The third-order valence-electron chi connectivity index (χ3n) is 4.42. The molecule has 0 radical (unpaired) electrons. The van der Waals surface area contributed by atoms with Crippen LogP contribution in [0.1, 0.15) is 29.3 Å². The lowest BCUT2D eigenvalue weighted by Gasteiger charge is -2.09. The molecule has 0 unspecified atom stereocenters. The zero-order valence-electron chi connectivity index (χ0n) is 16.7. The monoisotopic (exact) mass is 405 g/mol. The van der Waals surface area contributed by atoms with Crippen LogP contribution in [0.2, 0.25) is 0 Å². The lowest BCUT2D eigenvalue weighted by Crippen LogP contribution is -2.21. The van der Waals surface area contributed by atoms with E-state index in [2.05, 4.69) is 5.32 Å². The quantitative estimate of drug-likeness (QED) is 0.570. The second kappa shape index (κ2) is 10.2. The standard InChI is InChI=1S/C24H23NO5/c1-2-14-29-24(28)18-10-12-20(13-11-18)25-22(26)16-30-23(27)15-19-8-5-7-17-6-3-4-9-21(17)19/h3-13H,2,14-16H2,1H3,(H,25,26). The Morgan fingerprint density at radius 1 is 0.867 bits per heavy atom. The van der Waals surface area contributed by atoms with Crippen LogP contribution < -0.4 is 5.32 Å². The average Bonchev–Trinajstić information content (AvgIpc) is 2.77. The van der Waals surface area contributed by atoms with E-state index >= 15 is 0 Å². The molecule has 3 rings (SSSR count). The van der Waals surface area contributed by atoms with Crippen LogP contribution in [0.3, 0.4) is 0 Å². The molecule has 0 saturated heterocycles. The molecule has 0 atom stereocenters. The zero-order chi connectivity index (χ0) is 21.3. The largest absolute Gasteiger partial charge is 0.462 e. The molecule has 6 nitrogen and oxygen atoms in total. The minimum Gasteiger partial charge on any atom is -0.462 e. The first-order valence-corrected chi connectivity index (χ1v) is 9.76. The molecule has 0 fully saturated rings. The van der Waals surface area contributed by atoms with E-state index in [0.717, 1.165) is 22.8 Å². The predicted molar refractivity (Wildman–Crippen MR) is 114 cm³/mol. The minimum atomic E-state index is -0.476. The van der Waals surface area contributed by atoms with Crippen molar-refractivity contribution in [3.05, 3.63) is 77.9 Å². The Kier molecular flexibility index (Phi) is 7.16. The predicted octanol–water partition coefficient (Wildman–Crippen LogP) is 4.13. The van der Waals surface area contributed by atoms with E-state index in [-0.39, 0.29) is 13.0 Å². The van der Waals surface area contributed by atoms with Crippen LogP contribution in [-0.2, 0) is 25.5 Å². The summed E-state index contributed by atoms with van der Waals surface area (Å²) >= 11 is 0. The smallest absolute Gasteiger partial charge is 0.338 e. The second-order valence-corrected chi connectivity index (χ2v) is 6.74. The molecular weight excluding hydrogens is 382 g/mol. The van der Waals surface area contributed by atoms with Gasteiger partial charge in [-0.05, 0) is 47.0 Å². The number of rotatable bonds is 8. The van der Waals surface area contributed by atoms with Gasteiger partial charge in [0.2, 0.25) is 0 Å². The molecule has 1 N–H and O–H groups in total. The molecule has 0 saturated carbocycles. The topological polar surface area (TPSA) is 81.7 Å². The Morgan fingerprint density at radius 3 is 2.37 bits per heavy atom. The Labute approximate surface area is 174 Å². The summed E-state index contributed by atoms with van der Waals surface area (Å²) in [5, 5.41) is 4.66. The van der Waals surface area contributed by atoms with Crippen LogP contribution >= 0.6 is 0 Å². The van der Waals surface area contributed by atoms with Gasteiger partial charge in [-0.25, -0.2) is 4.79 Å². The van der Waals surface area contributed by atoms with Crippen LogP contribution in [0.25, 0.3) is 10.8 Å². The number of amides is 1. The van der Waals surface area contributed by atoms with Crippen molar-refractivity contribution in [2.24, 2.45) is 0 Å². The van der Waals surface area contributed by atoms with Crippen LogP contribution in [0.4, 0.5) is 5.69 Å². The van der Waals surface area contributed by atoms with Gasteiger partial charge in [-0.2, -0.15) is 0 Å². The number of fused-ring (bicyclic) bond motifs is 1. The van der Waals surface area contributed by atoms with Crippen molar-refractivity contribution in [2.45, 2.75) is 19.8 Å². The number of nitrogens with one attached hydrogen (secondary N) is 1. The number of anilines is 1. The molecule has 154 valence electrons. The zero-order valence-corrected chi connectivity index (χ0v) is 16.7. The molecule has 3 aromatic rings. The van der Waals surface area contributed by atoms with Crippen LogP contribution in [-0.4, -0.2) is 31.1 Å². The van der Waals surface area contributed by atoms with Gasteiger partial charge >= 0.3 is 11.9 Å². The SMILES string of the molecule is CCCOC(=O)c1ccc(NC(=O)COC(=O)Cc2cccc3ccccc23)cc1. The van der Waals surface area contributed by atoms with Crippen molar-refractivity contribution < 1.29 is 23.9 Å². The first-order chi connectivity index (χ1) is 14.6. The highest BCUT2D eigenvalue weighted by Crippen LogP contribution is 2.19. The number of carbonyl (C=O) groups excluding carboxylic acids is 3. The summed E-state index contributed by atoms with van der Waals surface area (Å²) in [7, 11) is 0. The second-order valence-electron chi connectivity index (χ2n) is 6.74. The lowest BCUT2D eigenvalue weighted by atomic mass is 10.0. The highest BCUT2D eigenvalue weighted by atomic mass is 16.5. The van der Waals surface area contributed by atoms with Gasteiger partial charge in [0.15, 0.2) is 6.61 Å². The van der Waals surface area contributed by atoms with Crippen molar-refractivity contribution in [3.63, 3.8) is 0 Å². The van der Waals surface area contributed by atoms with Crippen molar-refractivity contribution in [1.82, 2.24) is 0 Å². The fraction of sp³-hybridized carbons (Fsp3) is 0.208. The minimum absolute atomic E-state index is 0.0865. The summed E-state index contributed by atoms with van der Waals surface area (Å²) in [5.41, 5.74) is 1.75. The Balaban J connectivity index is 1.49. The summed E-state index contributed by atoms with van der Waals surface area (Å²) in [6, 6.07) is 19.9. The molecule has 0 aliphatic rings. The van der Waals surface area contributed by atoms with Gasteiger partial charge in [-0.3, -0.25) is 9.59 Å². The van der Waals surface area contributed by atoms with E-state index in [0.29, 0.717) is 17.9 Å². The first kappa shape index (κ1) is 21.0. The van der Waals surface area contributed by atoms with E-state index in [4.69, 9.17) is 9.47 Å². The van der Waals surface area contributed by atoms with Gasteiger partial charge in [0, 0.05) is 5.69 Å². The maximum atomic E-state index is 12.2. The Bertz CT molecular complexity index is 1040. The van der Waals surface area contributed by atoms with Crippen LogP contribution in [0.5, 0.6) is 0 Å². The molecule has 30 heavy (non-hydrogen) atoms. The molecule has 0 aliphatic heterocycles. The maximum absolute atomic E-state index is 12.2. The first-order valence-electron chi connectivity index (χ1n) is 9.76. The van der Waals surface area contributed by atoms with Crippen LogP contribution in [0, 0.1) is 0 Å². The van der Waals surface area contributed by atoms with Gasteiger partial charge in [-0.15, -0.1) is 0 Å². The van der Waals surface area contributed by atoms with E-state index in [1.54, 1.807) is 24.3 Å². The lowest BCUT2D eigenvalue weighted by molar-refractivity contribution is -0.146. The molecule has 0 heterocycles. The van der Waals surface area contributed by atoms with E-state index in [9.17, 15) is 14.4 Å². The van der Waals surface area contributed by atoms with Gasteiger partial charge in [0.1, 0.15) is 0 Å². The summed E-state index contributed by atoms with van der Waals surface area (Å²) in [5.74, 6) is -1.34. The van der Waals surface area contributed by atoms with Crippen LogP contribution in [0.15, 0.2) is 66.7 Å². The molecule has 0 bridgehead atoms. The molecule has 0 aliphatic carbocycles. The van der Waals surface area contributed by atoms with Crippen molar-refractivity contribution in [2.75, 3.05) is 18.5 Å². The molecule has 0 aromatic heterocycles. The van der Waals surface area contributed by atoms with E-state index in [1.165, 1.54) is 0 Å². The maximum Gasteiger partial charge on any atom is 0.338 e. The molecule has 0 spiro atoms. The fourth-order valence-corrected chi connectivity index (χ4v) is 2.96. The van der Waals surface area contributed by atoms with E-state index in [1.807, 2.05) is 49.4 Å². The third-order valence-corrected chi connectivity index (χ3v) is 4.42. The fourth-order valence-electron chi connectivity index (χ4n) is 2.96. The number of hydrogen-bond donors (Lipinski definition) is 1. The number of carbonyl (C=O) groups is 3.